The summed E-state index contributed by atoms with van der Waals surface area (Å²) in [4.78, 5) is 10.2. The van der Waals surface area contributed by atoms with Crippen LogP contribution in [0.15, 0.2) is 0 Å². The zero-order chi connectivity index (χ0) is 10.3. The summed E-state index contributed by atoms with van der Waals surface area (Å²) in [6.45, 7) is 1.97. The molecule has 0 spiro atoms. The van der Waals surface area contributed by atoms with Gasteiger partial charge in [-0.25, -0.2) is 0 Å². The Morgan fingerprint density at radius 3 is 2.23 bits per heavy atom. The average Bonchev–Trinajstić information content (AvgIpc) is 1.93. The highest BCUT2D eigenvalue weighted by Gasteiger charge is 2.10. The van der Waals surface area contributed by atoms with Crippen molar-refractivity contribution in [3.63, 3.8) is 0 Å². The van der Waals surface area contributed by atoms with Crippen LogP contribution in [0.3, 0.4) is 0 Å². The molecular formula is C9H18O2S2. The van der Waals surface area contributed by atoms with Crippen LogP contribution in [0, 0.1) is 0 Å². The highest BCUT2D eigenvalue weighted by Crippen LogP contribution is 2.25. The number of carboxylic acid groups (broad SMARTS) is 1. The maximum Gasteiger partial charge on any atom is 0.303 e. The second-order valence-electron chi connectivity index (χ2n) is 3.52. The van der Waals surface area contributed by atoms with Gasteiger partial charge in [0.1, 0.15) is 0 Å². The molecule has 1 N–H and O–H groups in total. The molecule has 0 aliphatic rings. The van der Waals surface area contributed by atoms with Crippen LogP contribution in [-0.4, -0.2) is 15.2 Å². The van der Waals surface area contributed by atoms with E-state index in [4.69, 9.17) is 5.11 Å². The maximum absolute atomic E-state index is 10.2. The largest absolute Gasteiger partial charge is 0.481 e. The van der Waals surface area contributed by atoms with Gasteiger partial charge in [0.05, 0.1) is 4.08 Å². The maximum atomic E-state index is 10.2. The van der Waals surface area contributed by atoms with Gasteiger partial charge in [0.2, 0.25) is 0 Å². The SMILES string of the molecule is CC(S)(S)CCCCCCC(=O)O. The topological polar surface area (TPSA) is 37.3 Å². The van der Waals surface area contributed by atoms with Crippen LogP contribution in [0.25, 0.3) is 0 Å². The Morgan fingerprint density at radius 2 is 1.77 bits per heavy atom. The van der Waals surface area contributed by atoms with Crippen LogP contribution in [0.1, 0.15) is 45.4 Å². The van der Waals surface area contributed by atoms with Crippen LogP contribution >= 0.6 is 25.3 Å². The molecule has 4 heteroatoms. The van der Waals surface area contributed by atoms with Gasteiger partial charge in [0.15, 0.2) is 0 Å². The van der Waals surface area contributed by atoms with Crippen molar-refractivity contribution in [2.45, 2.75) is 49.5 Å². The molecule has 2 nitrogen and oxygen atoms in total. The number of hydrogen-bond donors (Lipinski definition) is 3. The first kappa shape index (κ1) is 13.2. The average molecular weight is 222 g/mol. The number of carbonyl (C=O) groups is 1. The van der Waals surface area contributed by atoms with E-state index in [-0.39, 0.29) is 4.08 Å². The van der Waals surface area contributed by atoms with Crippen LogP contribution in [0.2, 0.25) is 0 Å². The van der Waals surface area contributed by atoms with Gasteiger partial charge < -0.3 is 5.11 Å². The van der Waals surface area contributed by atoms with E-state index in [9.17, 15) is 4.79 Å². The molecule has 0 fully saturated rings. The summed E-state index contributed by atoms with van der Waals surface area (Å²) < 4.78 is -0.188. The molecule has 0 radical (unpaired) electrons. The molecule has 0 saturated carbocycles. The summed E-state index contributed by atoms with van der Waals surface area (Å²) >= 11 is 8.57. The molecule has 0 aromatic carbocycles. The van der Waals surface area contributed by atoms with Gasteiger partial charge in [-0.2, -0.15) is 25.3 Å². The Morgan fingerprint density at radius 1 is 1.23 bits per heavy atom. The van der Waals surface area contributed by atoms with Crippen molar-refractivity contribution in [1.29, 1.82) is 0 Å². The molecule has 0 aliphatic carbocycles. The van der Waals surface area contributed by atoms with Crippen LogP contribution in [-0.2, 0) is 4.79 Å². The van der Waals surface area contributed by atoms with Gasteiger partial charge in [-0.1, -0.05) is 19.3 Å². The number of unbranched alkanes of at least 4 members (excludes halogenated alkanes) is 3. The fourth-order valence-corrected chi connectivity index (χ4v) is 1.41. The Labute approximate surface area is 90.9 Å². The van der Waals surface area contributed by atoms with Gasteiger partial charge in [-0.15, -0.1) is 0 Å². The minimum atomic E-state index is -0.701. The van der Waals surface area contributed by atoms with E-state index in [2.05, 4.69) is 25.3 Å². The third kappa shape index (κ3) is 12.2. The van der Waals surface area contributed by atoms with Crippen molar-refractivity contribution in [2.75, 3.05) is 0 Å². The van der Waals surface area contributed by atoms with E-state index in [1.807, 2.05) is 6.92 Å². The number of rotatable bonds is 7. The van der Waals surface area contributed by atoms with Crippen molar-refractivity contribution in [3.05, 3.63) is 0 Å². The minimum absolute atomic E-state index is 0.188. The lowest BCUT2D eigenvalue weighted by atomic mass is 10.1. The van der Waals surface area contributed by atoms with Crippen molar-refractivity contribution < 1.29 is 9.90 Å². The molecule has 0 saturated heterocycles. The molecule has 0 amide bonds. The predicted molar refractivity (Wildman–Crippen MR) is 61.7 cm³/mol. The first-order chi connectivity index (χ1) is 5.92. The minimum Gasteiger partial charge on any atom is -0.481 e. The Bertz CT molecular complexity index is 152. The van der Waals surface area contributed by atoms with Crippen molar-refractivity contribution >= 4 is 31.2 Å². The molecule has 78 valence electrons. The standard InChI is InChI=1S/C9H18O2S2/c1-9(12,13)7-5-3-2-4-6-8(10)11/h12-13H,2-7H2,1H3,(H,10,11). The molecule has 0 unspecified atom stereocenters. The monoisotopic (exact) mass is 222 g/mol. The van der Waals surface area contributed by atoms with Gasteiger partial charge >= 0.3 is 5.97 Å². The molecule has 0 aromatic heterocycles. The normalized spacial score (nSPS) is 11.6. The molecule has 0 bridgehead atoms. The third-order valence-electron chi connectivity index (χ3n) is 1.79. The number of carboxylic acids is 1. The molecule has 0 heterocycles. The number of thiol groups is 2. The van der Waals surface area contributed by atoms with E-state index in [0.717, 1.165) is 32.1 Å². The van der Waals surface area contributed by atoms with Crippen molar-refractivity contribution in [1.82, 2.24) is 0 Å². The quantitative estimate of drug-likeness (QED) is 0.352. The molecule has 0 aliphatic heterocycles. The highest BCUT2D eigenvalue weighted by atomic mass is 32.2. The lowest BCUT2D eigenvalue weighted by Crippen LogP contribution is -2.05. The van der Waals surface area contributed by atoms with E-state index >= 15 is 0 Å². The van der Waals surface area contributed by atoms with Crippen molar-refractivity contribution in [2.24, 2.45) is 0 Å². The van der Waals surface area contributed by atoms with E-state index in [1.165, 1.54) is 0 Å². The van der Waals surface area contributed by atoms with Crippen LogP contribution < -0.4 is 0 Å². The van der Waals surface area contributed by atoms with Gasteiger partial charge in [0, 0.05) is 6.42 Å². The first-order valence-corrected chi connectivity index (χ1v) is 5.48. The van der Waals surface area contributed by atoms with Gasteiger partial charge in [0.25, 0.3) is 0 Å². The second kappa shape index (κ2) is 6.60. The summed E-state index contributed by atoms with van der Waals surface area (Å²) in [5.41, 5.74) is 0. The summed E-state index contributed by atoms with van der Waals surface area (Å²) in [7, 11) is 0. The second-order valence-corrected chi connectivity index (χ2v) is 5.85. The summed E-state index contributed by atoms with van der Waals surface area (Å²) in [6, 6.07) is 0. The smallest absolute Gasteiger partial charge is 0.303 e. The lowest BCUT2D eigenvalue weighted by molar-refractivity contribution is -0.137. The highest BCUT2D eigenvalue weighted by molar-refractivity contribution is 8.00. The summed E-state index contributed by atoms with van der Waals surface area (Å²) in [5.74, 6) is -0.701. The Balaban J connectivity index is 3.13. The van der Waals surface area contributed by atoms with E-state index in [0.29, 0.717) is 6.42 Å². The van der Waals surface area contributed by atoms with Crippen molar-refractivity contribution in [3.8, 4) is 0 Å². The predicted octanol–water partition coefficient (Wildman–Crippen LogP) is 2.99. The molecule has 13 heavy (non-hydrogen) atoms. The van der Waals surface area contributed by atoms with E-state index < -0.39 is 5.97 Å². The Kier molecular flexibility index (Phi) is 6.68. The Hall–Kier alpha value is 0.170. The van der Waals surface area contributed by atoms with Crippen LogP contribution in [0.4, 0.5) is 0 Å². The zero-order valence-electron chi connectivity index (χ0n) is 7.99. The van der Waals surface area contributed by atoms with Crippen LogP contribution in [0.5, 0.6) is 0 Å². The number of hydrogen-bond acceptors (Lipinski definition) is 3. The first-order valence-electron chi connectivity index (χ1n) is 4.58. The third-order valence-corrected chi connectivity index (χ3v) is 2.24. The number of aliphatic carboxylic acids is 1. The summed E-state index contributed by atoms with van der Waals surface area (Å²) in [6.07, 6.45) is 5.17. The zero-order valence-corrected chi connectivity index (χ0v) is 9.78. The molecule has 0 atom stereocenters. The van der Waals surface area contributed by atoms with Gasteiger partial charge in [-0.3, -0.25) is 4.79 Å². The lowest BCUT2D eigenvalue weighted by Gasteiger charge is -2.15. The fourth-order valence-electron chi connectivity index (χ4n) is 1.09. The molecular weight excluding hydrogens is 204 g/mol. The van der Waals surface area contributed by atoms with Gasteiger partial charge in [-0.05, 0) is 19.8 Å². The fraction of sp³-hybridized carbons (Fsp3) is 0.889. The molecule has 0 aromatic rings. The van der Waals surface area contributed by atoms with E-state index in [1.54, 1.807) is 0 Å². The summed E-state index contributed by atoms with van der Waals surface area (Å²) in [5, 5.41) is 8.37. The molecule has 0 rings (SSSR count).